The second kappa shape index (κ2) is 7.40. The van der Waals surface area contributed by atoms with E-state index in [2.05, 4.69) is 9.97 Å². The number of aromatic nitrogens is 2. The van der Waals surface area contributed by atoms with Crippen LogP contribution in [0, 0.1) is 0 Å². The van der Waals surface area contributed by atoms with Gasteiger partial charge in [0.1, 0.15) is 0 Å². The van der Waals surface area contributed by atoms with E-state index in [-0.39, 0.29) is 42.0 Å². The molecule has 1 saturated heterocycles. The van der Waals surface area contributed by atoms with Gasteiger partial charge in [-0.3, -0.25) is 4.79 Å². The number of sulfonamides is 2. The minimum absolute atomic E-state index is 0.000583. The summed E-state index contributed by atoms with van der Waals surface area (Å²) in [6.45, 7) is 1.22. The maximum absolute atomic E-state index is 13.4. The summed E-state index contributed by atoms with van der Waals surface area (Å²) < 4.78 is 55.0. The maximum atomic E-state index is 13.4. The molecule has 166 valence electrons. The number of carbonyl (C=O) groups is 1. The van der Waals surface area contributed by atoms with Crippen molar-refractivity contribution in [2.24, 2.45) is 0 Å². The van der Waals surface area contributed by atoms with Crippen molar-refractivity contribution in [3.05, 3.63) is 35.8 Å². The molecule has 0 atom stereocenters. The highest BCUT2D eigenvalue weighted by atomic mass is 32.2. The highest BCUT2D eigenvalue weighted by molar-refractivity contribution is 7.89. The average molecular weight is 466 g/mol. The van der Waals surface area contributed by atoms with Crippen molar-refractivity contribution in [3.8, 4) is 0 Å². The van der Waals surface area contributed by atoms with Crippen LogP contribution in [0.3, 0.4) is 0 Å². The molecule has 4 heterocycles. The summed E-state index contributed by atoms with van der Waals surface area (Å²) >= 11 is 0. The van der Waals surface area contributed by atoms with Crippen molar-refractivity contribution in [1.29, 1.82) is 0 Å². The number of imidazole rings is 1. The summed E-state index contributed by atoms with van der Waals surface area (Å²) in [5, 5.41) is 0.000583. The number of amides is 1. The third-order valence-corrected chi connectivity index (χ3v) is 9.87. The normalized spacial score (nSPS) is 20.6. The molecule has 12 heteroatoms. The number of anilines is 1. The van der Waals surface area contributed by atoms with Gasteiger partial charge in [-0.2, -0.15) is 8.61 Å². The van der Waals surface area contributed by atoms with E-state index < -0.39 is 20.0 Å². The number of benzene rings is 1. The van der Waals surface area contributed by atoms with E-state index in [9.17, 15) is 21.6 Å². The zero-order valence-corrected chi connectivity index (χ0v) is 18.5. The molecule has 0 bridgehead atoms. The van der Waals surface area contributed by atoms with Crippen molar-refractivity contribution in [1.82, 2.24) is 18.6 Å². The van der Waals surface area contributed by atoms with Crippen molar-refractivity contribution in [2.75, 3.05) is 37.6 Å². The Labute approximate surface area is 181 Å². The lowest BCUT2D eigenvalue weighted by Gasteiger charge is -2.27. The Morgan fingerprint density at radius 1 is 0.839 bits per heavy atom. The Kier molecular flexibility index (Phi) is 4.92. The highest BCUT2D eigenvalue weighted by Gasteiger charge is 2.36. The van der Waals surface area contributed by atoms with Crippen LogP contribution in [0.15, 0.2) is 34.6 Å². The van der Waals surface area contributed by atoms with Gasteiger partial charge in [0.05, 0.1) is 23.1 Å². The molecule has 0 spiro atoms. The van der Waals surface area contributed by atoms with Crippen LogP contribution < -0.4 is 4.90 Å². The number of aryl methyl sites for hydroxylation is 1. The number of carbonyl (C=O) groups excluding carboxylic acids is 1. The zero-order chi connectivity index (χ0) is 21.8. The van der Waals surface area contributed by atoms with E-state index in [0.717, 1.165) is 16.8 Å². The molecule has 3 aliphatic heterocycles. The van der Waals surface area contributed by atoms with Crippen LogP contribution in [-0.4, -0.2) is 74.0 Å². The molecule has 0 aliphatic carbocycles. The van der Waals surface area contributed by atoms with E-state index in [1.165, 1.54) is 21.1 Å². The summed E-state index contributed by atoms with van der Waals surface area (Å²) in [6.07, 6.45) is 4.52. The first-order valence-electron chi connectivity index (χ1n) is 10.2. The molecule has 31 heavy (non-hydrogen) atoms. The van der Waals surface area contributed by atoms with Gasteiger partial charge in [0.2, 0.25) is 15.9 Å². The topological polar surface area (TPSA) is 124 Å². The number of hydrogen-bond donors (Lipinski definition) is 1. The predicted octanol–water partition coefficient (Wildman–Crippen LogP) is 0.330. The van der Waals surface area contributed by atoms with Crippen molar-refractivity contribution < 1.29 is 21.6 Å². The fourth-order valence-corrected chi connectivity index (χ4v) is 7.54. The smallest absolute Gasteiger partial charge is 0.260 e. The summed E-state index contributed by atoms with van der Waals surface area (Å²) in [7, 11) is -7.52. The van der Waals surface area contributed by atoms with Gasteiger partial charge >= 0.3 is 0 Å². The fraction of sp³-hybridized carbons (Fsp3) is 0.474. The van der Waals surface area contributed by atoms with Crippen molar-refractivity contribution in [3.63, 3.8) is 0 Å². The van der Waals surface area contributed by atoms with Crippen LogP contribution in [0.25, 0.3) is 0 Å². The van der Waals surface area contributed by atoms with E-state index in [1.807, 2.05) is 0 Å². The predicted molar refractivity (Wildman–Crippen MR) is 112 cm³/mol. The largest absolute Gasteiger partial charge is 0.335 e. The standard InChI is InChI=1S/C19H23N5O5S2/c25-18-3-2-14-10-16(11-15-4-7-24(18)19(14)15)30(26,27)22-5-1-6-23(9-8-22)31(28,29)17-12-20-13-21-17/h10-13H,1-9H2,(H,20,21). The SMILES string of the molecule is O=C1CCc2cc(S(=O)(=O)N3CCCN(S(=O)(=O)c4cnc[nH]4)CC3)cc3c2N1CC3. The van der Waals surface area contributed by atoms with Gasteiger partial charge in [0.15, 0.2) is 5.03 Å². The number of rotatable bonds is 4. The molecule has 0 saturated carbocycles. The Morgan fingerprint density at radius 3 is 2.19 bits per heavy atom. The molecular formula is C19H23N5O5S2. The maximum Gasteiger partial charge on any atom is 0.260 e. The first-order valence-corrected chi connectivity index (χ1v) is 13.1. The lowest BCUT2D eigenvalue weighted by Crippen LogP contribution is -2.37. The van der Waals surface area contributed by atoms with Crippen molar-refractivity contribution in [2.45, 2.75) is 35.6 Å². The summed E-state index contributed by atoms with van der Waals surface area (Å²) in [6, 6.07) is 3.36. The second-order valence-corrected chi connectivity index (χ2v) is 11.8. The minimum Gasteiger partial charge on any atom is -0.335 e. The quantitative estimate of drug-likeness (QED) is 0.694. The van der Waals surface area contributed by atoms with Crippen LogP contribution in [0.1, 0.15) is 24.0 Å². The van der Waals surface area contributed by atoms with Crippen LogP contribution in [0.5, 0.6) is 0 Å². The first kappa shape index (κ1) is 20.6. The Bertz CT molecular complexity index is 1240. The summed E-state index contributed by atoms with van der Waals surface area (Å²) in [5.74, 6) is 0.0907. The van der Waals surface area contributed by atoms with Gasteiger partial charge in [0.25, 0.3) is 10.0 Å². The lowest BCUT2D eigenvalue weighted by atomic mass is 10.00. The summed E-state index contributed by atoms with van der Waals surface area (Å²) in [5.41, 5.74) is 2.66. The fourth-order valence-electron chi connectivity index (χ4n) is 4.60. The Hall–Kier alpha value is -2.28. The van der Waals surface area contributed by atoms with E-state index in [0.29, 0.717) is 32.2 Å². The summed E-state index contributed by atoms with van der Waals surface area (Å²) in [4.78, 5) is 20.5. The Morgan fingerprint density at radius 2 is 1.52 bits per heavy atom. The van der Waals surface area contributed by atoms with Gasteiger partial charge in [-0.05, 0) is 42.5 Å². The second-order valence-electron chi connectivity index (χ2n) is 7.96. The average Bonchev–Trinajstić information content (AvgIpc) is 3.36. The number of hydrogen-bond acceptors (Lipinski definition) is 6. The van der Waals surface area contributed by atoms with Crippen LogP contribution in [-0.2, 0) is 37.7 Å². The Balaban J connectivity index is 1.41. The van der Waals surface area contributed by atoms with Crippen LogP contribution in [0.2, 0.25) is 0 Å². The molecule has 0 radical (unpaired) electrons. The van der Waals surface area contributed by atoms with Crippen LogP contribution in [0.4, 0.5) is 5.69 Å². The molecule has 1 amide bonds. The molecule has 1 fully saturated rings. The number of aromatic amines is 1. The van der Waals surface area contributed by atoms with Gasteiger partial charge in [0, 0.05) is 39.1 Å². The van der Waals surface area contributed by atoms with E-state index in [1.54, 1.807) is 17.0 Å². The number of nitrogens with one attached hydrogen (secondary N) is 1. The van der Waals surface area contributed by atoms with E-state index >= 15 is 0 Å². The molecule has 3 aliphatic rings. The minimum atomic E-state index is -3.78. The molecule has 10 nitrogen and oxygen atoms in total. The van der Waals surface area contributed by atoms with Gasteiger partial charge < -0.3 is 9.88 Å². The molecule has 1 N–H and O–H groups in total. The van der Waals surface area contributed by atoms with E-state index in [4.69, 9.17) is 0 Å². The number of nitrogens with zero attached hydrogens (tertiary/aromatic N) is 4. The number of H-pyrrole nitrogens is 1. The molecule has 5 rings (SSSR count). The van der Waals surface area contributed by atoms with Crippen LogP contribution >= 0.6 is 0 Å². The van der Waals surface area contributed by atoms with Gasteiger partial charge in [-0.1, -0.05) is 0 Å². The molecular weight excluding hydrogens is 442 g/mol. The third kappa shape index (κ3) is 3.37. The van der Waals surface area contributed by atoms with Gasteiger partial charge in [-0.15, -0.1) is 0 Å². The lowest BCUT2D eigenvalue weighted by molar-refractivity contribution is -0.118. The molecule has 1 aromatic heterocycles. The van der Waals surface area contributed by atoms with Gasteiger partial charge in [-0.25, -0.2) is 21.8 Å². The molecule has 1 aromatic carbocycles. The highest BCUT2D eigenvalue weighted by Crippen LogP contribution is 2.39. The zero-order valence-electron chi connectivity index (χ0n) is 16.8. The third-order valence-electron chi connectivity index (χ3n) is 6.17. The molecule has 0 unspecified atom stereocenters. The molecule has 2 aromatic rings. The van der Waals surface area contributed by atoms with Crippen molar-refractivity contribution >= 4 is 31.6 Å². The first-order chi connectivity index (χ1) is 14.8. The monoisotopic (exact) mass is 465 g/mol.